The van der Waals surface area contributed by atoms with Crippen LogP contribution in [0, 0.1) is 0 Å². The highest BCUT2D eigenvalue weighted by molar-refractivity contribution is 9.10. The van der Waals surface area contributed by atoms with Crippen LogP contribution in [0.1, 0.15) is 18.7 Å². The minimum atomic E-state index is -0.379. The van der Waals surface area contributed by atoms with Crippen LogP contribution in [0.2, 0.25) is 0 Å². The second kappa shape index (κ2) is 5.34. The molecule has 7 heteroatoms. The summed E-state index contributed by atoms with van der Waals surface area (Å²) in [5.74, 6) is 0.677. The molecule has 18 heavy (non-hydrogen) atoms. The molecule has 2 heterocycles. The van der Waals surface area contributed by atoms with E-state index in [9.17, 15) is 4.79 Å². The molecule has 0 aliphatic heterocycles. The van der Waals surface area contributed by atoms with Crippen molar-refractivity contribution in [3.05, 3.63) is 35.2 Å². The van der Waals surface area contributed by atoms with Crippen LogP contribution in [-0.2, 0) is 11.3 Å². The summed E-state index contributed by atoms with van der Waals surface area (Å²) in [6, 6.07) is 3.25. The van der Waals surface area contributed by atoms with Crippen molar-refractivity contribution >= 4 is 21.8 Å². The van der Waals surface area contributed by atoms with Gasteiger partial charge in [0.25, 0.3) is 0 Å². The summed E-state index contributed by atoms with van der Waals surface area (Å²) in [5, 5.41) is 3.96. The van der Waals surface area contributed by atoms with Crippen LogP contribution in [0.25, 0.3) is 0 Å². The van der Waals surface area contributed by atoms with Gasteiger partial charge in [0.05, 0.1) is 6.54 Å². The third-order valence-corrected chi connectivity index (χ3v) is 3.02. The van der Waals surface area contributed by atoms with Gasteiger partial charge in [-0.25, -0.2) is 9.67 Å². The quantitative estimate of drug-likeness (QED) is 0.864. The average molecular weight is 313 g/mol. The largest absolute Gasteiger partial charge is 0.452 e. The molecule has 2 rings (SSSR count). The Hall–Kier alpha value is -1.63. The fourth-order valence-electron chi connectivity index (χ4n) is 1.60. The second-order valence-corrected chi connectivity index (χ2v) is 4.73. The molecule has 0 aliphatic rings. The lowest BCUT2D eigenvalue weighted by atomic mass is 10.3. The fourth-order valence-corrected chi connectivity index (χ4v) is 1.94. The SMILES string of the molecule is C[C@@H](C(=O)N(C)Cc1ccc(Br)o1)n1cncn1. The molecular weight excluding hydrogens is 300 g/mol. The summed E-state index contributed by atoms with van der Waals surface area (Å²) in [6.07, 6.45) is 2.94. The lowest BCUT2D eigenvalue weighted by molar-refractivity contribution is -0.134. The van der Waals surface area contributed by atoms with Gasteiger partial charge >= 0.3 is 0 Å². The molecule has 0 fully saturated rings. The molecule has 1 atom stereocenters. The highest BCUT2D eigenvalue weighted by atomic mass is 79.9. The van der Waals surface area contributed by atoms with Crippen molar-refractivity contribution in [2.45, 2.75) is 19.5 Å². The Morgan fingerprint density at radius 3 is 2.94 bits per heavy atom. The third-order valence-electron chi connectivity index (χ3n) is 2.59. The van der Waals surface area contributed by atoms with E-state index in [0.717, 1.165) is 5.76 Å². The summed E-state index contributed by atoms with van der Waals surface area (Å²) >= 11 is 3.23. The van der Waals surface area contributed by atoms with Crippen LogP contribution in [0.15, 0.2) is 33.9 Å². The molecule has 0 aliphatic carbocycles. The molecule has 0 aromatic carbocycles. The molecular formula is C11H13BrN4O2. The summed E-state index contributed by atoms with van der Waals surface area (Å²) in [6.45, 7) is 2.20. The zero-order chi connectivity index (χ0) is 13.1. The van der Waals surface area contributed by atoms with Crippen LogP contribution in [0.3, 0.4) is 0 Å². The summed E-state index contributed by atoms with van der Waals surface area (Å²) in [4.78, 5) is 17.6. The van der Waals surface area contributed by atoms with Crippen molar-refractivity contribution in [3.63, 3.8) is 0 Å². The van der Waals surface area contributed by atoms with Crippen LogP contribution in [0.4, 0.5) is 0 Å². The number of nitrogens with zero attached hydrogens (tertiary/aromatic N) is 4. The van der Waals surface area contributed by atoms with Crippen molar-refractivity contribution in [3.8, 4) is 0 Å². The number of hydrogen-bond donors (Lipinski definition) is 0. The molecule has 0 N–H and O–H groups in total. The zero-order valence-electron chi connectivity index (χ0n) is 10.1. The van der Waals surface area contributed by atoms with Gasteiger partial charge < -0.3 is 9.32 Å². The Morgan fingerprint density at radius 2 is 2.39 bits per heavy atom. The van der Waals surface area contributed by atoms with E-state index >= 15 is 0 Å². The predicted molar refractivity (Wildman–Crippen MR) is 67.6 cm³/mol. The first-order chi connectivity index (χ1) is 8.58. The lowest BCUT2D eigenvalue weighted by Gasteiger charge is -2.20. The van der Waals surface area contributed by atoms with Crippen LogP contribution >= 0.6 is 15.9 Å². The standard InChI is InChI=1S/C11H13BrN4O2/c1-8(16-7-13-6-14-16)11(17)15(2)5-9-3-4-10(12)18-9/h3-4,6-8H,5H2,1-2H3/t8-/m0/s1. The van der Waals surface area contributed by atoms with E-state index in [1.807, 2.05) is 6.07 Å². The van der Waals surface area contributed by atoms with Crippen LogP contribution < -0.4 is 0 Å². The van der Waals surface area contributed by atoms with E-state index < -0.39 is 0 Å². The number of amides is 1. The first kappa shape index (κ1) is 12.8. The number of aromatic nitrogens is 3. The maximum absolute atomic E-state index is 12.1. The number of carbonyl (C=O) groups excluding carboxylic acids is 1. The Bertz CT molecular complexity index is 523. The van der Waals surface area contributed by atoms with Gasteiger partial charge in [0.1, 0.15) is 24.5 Å². The van der Waals surface area contributed by atoms with E-state index in [-0.39, 0.29) is 11.9 Å². The minimum Gasteiger partial charge on any atom is -0.452 e. The first-order valence-corrected chi connectivity index (χ1v) is 6.20. The highest BCUT2D eigenvalue weighted by Crippen LogP contribution is 2.16. The van der Waals surface area contributed by atoms with Crippen molar-refractivity contribution in [1.82, 2.24) is 19.7 Å². The van der Waals surface area contributed by atoms with Gasteiger partial charge in [-0.1, -0.05) is 0 Å². The second-order valence-electron chi connectivity index (χ2n) is 3.95. The van der Waals surface area contributed by atoms with Crippen molar-refractivity contribution < 1.29 is 9.21 Å². The van der Waals surface area contributed by atoms with Gasteiger partial charge in [0.2, 0.25) is 5.91 Å². The zero-order valence-corrected chi connectivity index (χ0v) is 11.7. The number of likely N-dealkylation sites (N-methyl/N-ethyl adjacent to an activating group) is 1. The fraction of sp³-hybridized carbons (Fsp3) is 0.364. The number of carbonyl (C=O) groups is 1. The molecule has 6 nitrogen and oxygen atoms in total. The van der Waals surface area contributed by atoms with E-state index in [2.05, 4.69) is 26.0 Å². The molecule has 0 radical (unpaired) electrons. The van der Waals surface area contributed by atoms with Crippen LogP contribution in [0.5, 0.6) is 0 Å². The molecule has 0 unspecified atom stereocenters. The van der Waals surface area contributed by atoms with E-state index in [0.29, 0.717) is 11.2 Å². The highest BCUT2D eigenvalue weighted by Gasteiger charge is 2.20. The van der Waals surface area contributed by atoms with Gasteiger partial charge in [-0.15, -0.1) is 0 Å². The van der Waals surface area contributed by atoms with Gasteiger partial charge in [-0.05, 0) is 35.0 Å². The number of halogens is 1. The summed E-state index contributed by atoms with van der Waals surface area (Å²) in [5.41, 5.74) is 0. The Morgan fingerprint density at radius 1 is 1.61 bits per heavy atom. The normalized spacial score (nSPS) is 12.4. The summed E-state index contributed by atoms with van der Waals surface area (Å²) in [7, 11) is 1.73. The molecule has 96 valence electrons. The van der Waals surface area contributed by atoms with E-state index in [1.54, 1.807) is 24.9 Å². The van der Waals surface area contributed by atoms with Gasteiger partial charge in [-0.2, -0.15) is 5.10 Å². The predicted octanol–water partition coefficient (Wildman–Crippen LogP) is 1.85. The Labute approximate surface area is 113 Å². The number of furan rings is 1. The molecule has 2 aromatic rings. The number of hydrogen-bond acceptors (Lipinski definition) is 4. The molecule has 2 aromatic heterocycles. The van der Waals surface area contributed by atoms with Crippen LogP contribution in [-0.4, -0.2) is 32.6 Å². The van der Waals surface area contributed by atoms with Crippen molar-refractivity contribution in [2.24, 2.45) is 0 Å². The van der Waals surface area contributed by atoms with Crippen molar-refractivity contribution in [1.29, 1.82) is 0 Å². The monoisotopic (exact) mass is 312 g/mol. The molecule has 0 spiro atoms. The van der Waals surface area contributed by atoms with Gasteiger partial charge in [0.15, 0.2) is 4.67 Å². The van der Waals surface area contributed by atoms with E-state index in [4.69, 9.17) is 4.42 Å². The molecule has 0 saturated carbocycles. The topological polar surface area (TPSA) is 64.2 Å². The smallest absolute Gasteiger partial charge is 0.247 e. The van der Waals surface area contributed by atoms with Gasteiger partial charge in [-0.3, -0.25) is 4.79 Å². The molecule has 1 amide bonds. The average Bonchev–Trinajstić information content (AvgIpc) is 2.98. The van der Waals surface area contributed by atoms with E-state index in [1.165, 1.54) is 17.3 Å². The summed E-state index contributed by atoms with van der Waals surface area (Å²) < 4.78 is 7.54. The minimum absolute atomic E-state index is 0.0481. The first-order valence-electron chi connectivity index (χ1n) is 5.41. The molecule has 0 saturated heterocycles. The van der Waals surface area contributed by atoms with Gasteiger partial charge in [0, 0.05) is 7.05 Å². The Balaban J connectivity index is 2.00. The Kier molecular flexibility index (Phi) is 3.81. The third kappa shape index (κ3) is 2.79. The molecule has 0 bridgehead atoms. The lowest BCUT2D eigenvalue weighted by Crippen LogP contribution is -2.32. The maximum atomic E-state index is 12.1. The number of rotatable bonds is 4. The maximum Gasteiger partial charge on any atom is 0.247 e. The van der Waals surface area contributed by atoms with Crippen molar-refractivity contribution in [2.75, 3.05) is 7.05 Å².